The number of hydrogen-bond donors (Lipinski definition) is 1. The lowest BCUT2D eigenvalue weighted by molar-refractivity contribution is 0.316. The van der Waals surface area contributed by atoms with Gasteiger partial charge in [0.2, 0.25) is 0 Å². The van der Waals surface area contributed by atoms with E-state index in [1.165, 1.54) is 0 Å². The van der Waals surface area contributed by atoms with Crippen molar-refractivity contribution in [2.75, 3.05) is 38.6 Å². The predicted molar refractivity (Wildman–Crippen MR) is 82.4 cm³/mol. The van der Waals surface area contributed by atoms with Crippen molar-refractivity contribution in [3.63, 3.8) is 0 Å². The van der Waals surface area contributed by atoms with Crippen LogP contribution in [-0.2, 0) is 0 Å². The molecule has 0 aliphatic heterocycles. The van der Waals surface area contributed by atoms with E-state index in [1.807, 2.05) is 18.2 Å². The van der Waals surface area contributed by atoms with Crippen LogP contribution in [0.25, 0.3) is 10.9 Å². The molecule has 1 N–H and O–H groups in total. The van der Waals surface area contributed by atoms with Crippen molar-refractivity contribution >= 4 is 16.7 Å². The molecule has 108 valence electrons. The molecule has 0 amide bonds. The minimum atomic E-state index is 0.819. The summed E-state index contributed by atoms with van der Waals surface area (Å²) in [6.07, 6.45) is 1.59. The number of hydrogen-bond acceptors (Lipinski definition) is 5. The molecule has 5 nitrogen and oxygen atoms in total. The number of anilines is 1. The van der Waals surface area contributed by atoms with Crippen LogP contribution >= 0.6 is 0 Å². The summed E-state index contributed by atoms with van der Waals surface area (Å²) >= 11 is 0. The fraction of sp³-hybridized carbons (Fsp3) is 0.467. The third-order valence-corrected chi connectivity index (χ3v) is 3.46. The van der Waals surface area contributed by atoms with Crippen molar-refractivity contribution in [1.82, 2.24) is 14.9 Å². The molecule has 0 spiro atoms. The third-order valence-electron chi connectivity index (χ3n) is 3.46. The first-order valence-corrected chi connectivity index (χ1v) is 7.03. The van der Waals surface area contributed by atoms with Gasteiger partial charge in [0.1, 0.15) is 17.9 Å². The highest BCUT2D eigenvalue weighted by Gasteiger charge is 2.05. The van der Waals surface area contributed by atoms with Crippen LogP contribution in [0.15, 0.2) is 24.5 Å². The average molecular weight is 274 g/mol. The van der Waals surface area contributed by atoms with Crippen LogP contribution in [0.5, 0.6) is 5.75 Å². The van der Waals surface area contributed by atoms with Crippen molar-refractivity contribution in [1.29, 1.82) is 0 Å². The molecule has 20 heavy (non-hydrogen) atoms. The van der Waals surface area contributed by atoms with Crippen molar-refractivity contribution in [2.24, 2.45) is 0 Å². The number of nitrogens with one attached hydrogen (secondary N) is 1. The van der Waals surface area contributed by atoms with Crippen molar-refractivity contribution < 1.29 is 4.74 Å². The topological polar surface area (TPSA) is 50.3 Å². The zero-order chi connectivity index (χ0) is 14.4. The Labute approximate surface area is 120 Å². The van der Waals surface area contributed by atoms with Gasteiger partial charge in [-0.2, -0.15) is 0 Å². The van der Waals surface area contributed by atoms with Crippen molar-refractivity contribution in [3.05, 3.63) is 24.5 Å². The maximum atomic E-state index is 5.26. The molecule has 1 aromatic carbocycles. The number of ether oxygens (including phenoxy) is 1. The highest BCUT2D eigenvalue weighted by Crippen LogP contribution is 2.23. The Balaban J connectivity index is 2.13. The summed E-state index contributed by atoms with van der Waals surface area (Å²) in [5.74, 6) is 1.68. The van der Waals surface area contributed by atoms with E-state index in [9.17, 15) is 0 Å². The smallest absolute Gasteiger partial charge is 0.137 e. The Morgan fingerprint density at radius 1 is 1.20 bits per heavy atom. The van der Waals surface area contributed by atoms with E-state index >= 15 is 0 Å². The number of methoxy groups -OCH3 is 1. The molecule has 0 aliphatic carbocycles. The highest BCUT2D eigenvalue weighted by molar-refractivity contribution is 5.89. The summed E-state index contributed by atoms with van der Waals surface area (Å²) in [4.78, 5) is 11.0. The van der Waals surface area contributed by atoms with Gasteiger partial charge in [-0.1, -0.05) is 13.8 Å². The summed E-state index contributed by atoms with van der Waals surface area (Å²) in [6, 6.07) is 5.83. The summed E-state index contributed by atoms with van der Waals surface area (Å²) in [5, 5.41) is 4.38. The summed E-state index contributed by atoms with van der Waals surface area (Å²) in [7, 11) is 1.67. The number of benzene rings is 1. The van der Waals surface area contributed by atoms with Crippen molar-refractivity contribution in [3.8, 4) is 5.75 Å². The molecule has 1 aromatic heterocycles. The zero-order valence-corrected chi connectivity index (χ0v) is 12.4. The van der Waals surface area contributed by atoms with Crippen LogP contribution < -0.4 is 10.1 Å². The van der Waals surface area contributed by atoms with Crippen LogP contribution in [0, 0.1) is 0 Å². The van der Waals surface area contributed by atoms with E-state index in [0.717, 1.165) is 48.6 Å². The fourth-order valence-electron chi connectivity index (χ4n) is 2.18. The second kappa shape index (κ2) is 7.05. The Bertz CT molecular complexity index is 555. The maximum absolute atomic E-state index is 5.26. The summed E-state index contributed by atoms with van der Waals surface area (Å²) in [5.41, 5.74) is 0.922. The lowest BCUT2D eigenvalue weighted by Gasteiger charge is -2.18. The molecular formula is C15H22N4O. The molecule has 5 heteroatoms. The predicted octanol–water partition coefficient (Wildman–Crippen LogP) is 2.39. The van der Waals surface area contributed by atoms with Crippen LogP contribution in [0.3, 0.4) is 0 Å². The minimum Gasteiger partial charge on any atom is -0.497 e. The van der Waals surface area contributed by atoms with E-state index in [1.54, 1.807) is 13.4 Å². The van der Waals surface area contributed by atoms with E-state index < -0.39 is 0 Å². The first-order chi connectivity index (χ1) is 9.78. The summed E-state index contributed by atoms with van der Waals surface area (Å²) in [6.45, 7) is 8.35. The Morgan fingerprint density at radius 3 is 2.70 bits per heavy atom. The SMILES string of the molecule is CCN(CC)CCNc1ncnc2ccc(OC)cc12. The highest BCUT2D eigenvalue weighted by atomic mass is 16.5. The lowest BCUT2D eigenvalue weighted by atomic mass is 10.2. The normalized spacial score (nSPS) is 11.0. The van der Waals surface area contributed by atoms with E-state index in [0.29, 0.717) is 0 Å². The molecule has 2 rings (SSSR count). The molecule has 0 bridgehead atoms. The van der Waals surface area contributed by atoms with Gasteiger partial charge in [-0.25, -0.2) is 9.97 Å². The van der Waals surface area contributed by atoms with Gasteiger partial charge in [0.05, 0.1) is 12.6 Å². The monoisotopic (exact) mass is 274 g/mol. The van der Waals surface area contributed by atoms with Gasteiger partial charge in [-0.05, 0) is 31.3 Å². The van der Waals surface area contributed by atoms with Gasteiger partial charge in [0.15, 0.2) is 0 Å². The van der Waals surface area contributed by atoms with Crippen LogP contribution in [0.1, 0.15) is 13.8 Å². The van der Waals surface area contributed by atoms with Gasteiger partial charge in [-0.3, -0.25) is 0 Å². The quantitative estimate of drug-likeness (QED) is 0.840. The third kappa shape index (κ3) is 3.36. The van der Waals surface area contributed by atoms with E-state index in [2.05, 4.69) is 34.0 Å². The van der Waals surface area contributed by atoms with Gasteiger partial charge in [0, 0.05) is 18.5 Å². The van der Waals surface area contributed by atoms with Crippen LogP contribution in [0.4, 0.5) is 5.82 Å². The maximum Gasteiger partial charge on any atom is 0.137 e. The van der Waals surface area contributed by atoms with Gasteiger partial charge in [0.25, 0.3) is 0 Å². The Morgan fingerprint density at radius 2 is 2.00 bits per heavy atom. The molecule has 0 radical (unpaired) electrons. The van der Waals surface area contributed by atoms with Crippen LogP contribution in [-0.4, -0.2) is 48.2 Å². The second-order valence-electron chi connectivity index (χ2n) is 4.56. The fourth-order valence-corrected chi connectivity index (χ4v) is 2.18. The summed E-state index contributed by atoms with van der Waals surface area (Å²) < 4.78 is 5.26. The molecule has 0 saturated carbocycles. The van der Waals surface area contributed by atoms with Crippen molar-refractivity contribution in [2.45, 2.75) is 13.8 Å². The minimum absolute atomic E-state index is 0.819. The number of nitrogens with zero attached hydrogens (tertiary/aromatic N) is 3. The van der Waals surface area contributed by atoms with Crippen LogP contribution in [0.2, 0.25) is 0 Å². The zero-order valence-electron chi connectivity index (χ0n) is 12.4. The number of aromatic nitrogens is 2. The molecule has 0 unspecified atom stereocenters. The van der Waals surface area contributed by atoms with Gasteiger partial charge >= 0.3 is 0 Å². The average Bonchev–Trinajstić information content (AvgIpc) is 2.51. The molecule has 0 aliphatic rings. The van der Waals surface area contributed by atoms with Gasteiger partial charge in [-0.15, -0.1) is 0 Å². The molecule has 1 heterocycles. The second-order valence-corrected chi connectivity index (χ2v) is 4.56. The largest absolute Gasteiger partial charge is 0.497 e. The number of likely N-dealkylation sites (N-methyl/N-ethyl adjacent to an activating group) is 1. The van der Waals surface area contributed by atoms with E-state index in [-0.39, 0.29) is 0 Å². The number of fused-ring (bicyclic) bond motifs is 1. The lowest BCUT2D eigenvalue weighted by Crippen LogP contribution is -2.28. The molecular weight excluding hydrogens is 252 g/mol. The molecule has 0 atom stereocenters. The molecule has 0 saturated heterocycles. The first-order valence-electron chi connectivity index (χ1n) is 7.03. The number of rotatable bonds is 7. The standard InChI is InChI=1S/C15H22N4O/c1-4-19(5-2)9-8-16-15-13-10-12(20-3)6-7-14(13)17-11-18-15/h6-7,10-11H,4-5,8-9H2,1-3H3,(H,16,17,18). The Kier molecular flexibility index (Phi) is 5.12. The molecule has 0 fully saturated rings. The van der Waals surface area contributed by atoms with Gasteiger partial charge < -0.3 is 15.0 Å². The van der Waals surface area contributed by atoms with E-state index in [4.69, 9.17) is 4.74 Å². The molecule has 2 aromatic rings. The Hall–Kier alpha value is -1.88. The first kappa shape index (κ1) is 14.5.